The standard InChI is InChI=1S/C22H29F6IO5/c1-5-17(4,29)14(30)34-19-9-12-6-13(10-19)8-18(7-12,11-19)15(31)33-16(2,3)20(32,21(23,24)25)22(26,27)28/h12-13,32H,5-11H2,1-4H3. The number of ether oxygens (including phenoxy) is 2. The van der Waals surface area contributed by atoms with Crippen LogP contribution in [-0.2, 0) is 19.1 Å². The molecule has 4 saturated carbocycles. The van der Waals surface area contributed by atoms with Crippen LogP contribution in [0.1, 0.15) is 72.6 Å². The van der Waals surface area contributed by atoms with Crippen molar-refractivity contribution >= 4 is 34.5 Å². The second kappa shape index (κ2) is 8.11. The van der Waals surface area contributed by atoms with E-state index in [1.165, 1.54) is 0 Å². The fourth-order valence-corrected chi connectivity index (χ4v) is 6.35. The minimum Gasteiger partial charge on any atom is -0.458 e. The van der Waals surface area contributed by atoms with Crippen molar-refractivity contribution in [2.45, 2.75) is 105 Å². The van der Waals surface area contributed by atoms with Crippen LogP contribution in [0.15, 0.2) is 0 Å². The predicted molar refractivity (Wildman–Crippen MR) is 116 cm³/mol. The van der Waals surface area contributed by atoms with Gasteiger partial charge in [0.15, 0.2) is 5.60 Å². The topological polar surface area (TPSA) is 72.8 Å². The van der Waals surface area contributed by atoms with Crippen LogP contribution in [0, 0.1) is 17.3 Å². The third-order valence-corrected chi connectivity index (χ3v) is 9.08. The number of aliphatic hydroxyl groups is 1. The van der Waals surface area contributed by atoms with E-state index in [2.05, 4.69) is 0 Å². The molecule has 4 aliphatic carbocycles. The summed E-state index contributed by atoms with van der Waals surface area (Å²) < 4.78 is 90.7. The molecule has 0 aromatic carbocycles. The highest BCUT2D eigenvalue weighted by Gasteiger charge is 2.79. The van der Waals surface area contributed by atoms with Crippen molar-refractivity contribution in [3.05, 3.63) is 0 Å². The van der Waals surface area contributed by atoms with Crippen molar-refractivity contribution in [3.63, 3.8) is 0 Å². The first-order chi connectivity index (χ1) is 15.1. The molecule has 0 saturated heterocycles. The summed E-state index contributed by atoms with van der Waals surface area (Å²) in [5, 5.41) is 9.83. The third kappa shape index (κ3) is 4.32. The fraction of sp³-hybridized carbons (Fsp3) is 0.909. The van der Waals surface area contributed by atoms with Gasteiger partial charge in [-0.15, -0.1) is 0 Å². The molecule has 12 heteroatoms. The van der Waals surface area contributed by atoms with Gasteiger partial charge in [-0.3, -0.25) is 9.59 Å². The van der Waals surface area contributed by atoms with E-state index in [1.807, 2.05) is 29.5 Å². The van der Waals surface area contributed by atoms with Gasteiger partial charge in [0.2, 0.25) is 0 Å². The highest BCUT2D eigenvalue weighted by molar-refractivity contribution is 14.1. The largest absolute Gasteiger partial charge is 0.458 e. The highest BCUT2D eigenvalue weighted by Crippen LogP contribution is 2.64. The van der Waals surface area contributed by atoms with Crippen LogP contribution in [-0.4, -0.2) is 49.6 Å². The van der Waals surface area contributed by atoms with E-state index in [4.69, 9.17) is 9.47 Å². The van der Waals surface area contributed by atoms with Gasteiger partial charge in [-0.05, 0) is 71.1 Å². The molecule has 3 atom stereocenters. The lowest BCUT2D eigenvalue weighted by Crippen LogP contribution is -2.70. The van der Waals surface area contributed by atoms with Crippen LogP contribution in [0.5, 0.6) is 0 Å². The molecule has 196 valence electrons. The molecule has 0 aliphatic heterocycles. The SMILES string of the molecule is CCC(C)(I)C(=O)OC12CC3CC(C1)CC(C(=O)OC(C)(C)C(O)(C(F)(F)F)C(F)(F)F)(C3)C2. The molecule has 3 unspecified atom stereocenters. The quantitative estimate of drug-likeness (QED) is 0.181. The Labute approximate surface area is 207 Å². The number of hydrogen-bond acceptors (Lipinski definition) is 5. The number of rotatable bonds is 6. The number of carbonyl (C=O) groups is 2. The van der Waals surface area contributed by atoms with Crippen molar-refractivity contribution in [1.82, 2.24) is 0 Å². The number of hydrogen-bond donors (Lipinski definition) is 1. The van der Waals surface area contributed by atoms with Crippen molar-refractivity contribution in [2.75, 3.05) is 0 Å². The Bertz CT molecular complexity index is 822. The zero-order valence-corrected chi connectivity index (χ0v) is 21.5. The van der Waals surface area contributed by atoms with Crippen molar-refractivity contribution in [2.24, 2.45) is 17.3 Å². The smallest absolute Gasteiger partial charge is 0.430 e. The van der Waals surface area contributed by atoms with E-state index in [1.54, 1.807) is 6.92 Å². The molecular weight excluding hydrogens is 585 g/mol. The van der Waals surface area contributed by atoms with Crippen LogP contribution in [0.4, 0.5) is 26.3 Å². The van der Waals surface area contributed by atoms with Gasteiger partial charge in [-0.2, -0.15) is 26.3 Å². The van der Waals surface area contributed by atoms with Gasteiger partial charge in [-0.1, -0.05) is 29.5 Å². The van der Waals surface area contributed by atoms with Gasteiger partial charge in [0, 0.05) is 6.42 Å². The van der Waals surface area contributed by atoms with E-state index >= 15 is 0 Å². The summed E-state index contributed by atoms with van der Waals surface area (Å²) >= 11 is 1.98. The molecule has 0 aromatic heterocycles. The van der Waals surface area contributed by atoms with Gasteiger partial charge < -0.3 is 14.6 Å². The maximum absolute atomic E-state index is 13.4. The summed E-state index contributed by atoms with van der Waals surface area (Å²) in [6.45, 7) is 4.34. The van der Waals surface area contributed by atoms with Gasteiger partial charge in [0.1, 0.15) is 9.02 Å². The summed E-state index contributed by atoms with van der Waals surface area (Å²) in [7, 11) is 0. The molecule has 4 aliphatic rings. The molecule has 4 rings (SSSR count). The van der Waals surface area contributed by atoms with E-state index in [0.29, 0.717) is 33.1 Å². The zero-order valence-electron chi connectivity index (χ0n) is 19.3. The Hall–Kier alpha value is -0.790. The Morgan fingerprint density at radius 3 is 1.85 bits per heavy atom. The minimum absolute atomic E-state index is 0.0272. The molecule has 0 aromatic rings. The van der Waals surface area contributed by atoms with Crippen LogP contribution >= 0.6 is 22.6 Å². The van der Waals surface area contributed by atoms with E-state index in [0.717, 1.165) is 6.42 Å². The molecule has 0 radical (unpaired) electrons. The first-order valence-corrected chi connectivity index (χ1v) is 12.2. The van der Waals surface area contributed by atoms with Gasteiger partial charge in [0.25, 0.3) is 5.60 Å². The molecule has 0 amide bonds. The Kier molecular flexibility index (Phi) is 6.63. The highest BCUT2D eigenvalue weighted by atomic mass is 127. The monoisotopic (exact) mass is 614 g/mol. The van der Waals surface area contributed by atoms with Crippen molar-refractivity contribution < 1.29 is 50.5 Å². The lowest BCUT2D eigenvalue weighted by atomic mass is 9.48. The van der Waals surface area contributed by atoms with Gasteiger partial charge in [0.05, 0.1) is 5.41 Å². The normalized spacial score (nSPS) is 33.4. The molecular formula is C22H29F6IO5. The van der Waals surface area contributed by atoms with E-state index in [9.17, 15) is 41.0 Å². The average Bonchev–Trinajstić information content (AvgIpc) is 2.63. The van der Waals surface area contributed by atoms with Gasteiger partial charge in [-0.25, -0.2) is 0 Å². The lowest BCUT2D eigenvalue weighted by molar-refractivity contribution is -0.408. The summed E-state index contributed by atoms with van der Waals surface area (Å²) in [4.78, 5) is 26.1. The van der Waals surface area contributed by atoms with Gasteiger partial charge >= 0.3 is 24.3 Å². The number of carbonyl (C=O) groups excluding carboxylic acids is 2. The minimum atomic E-state index is -6.14. The molecule has 4 fully saturated rings. The molecule has 5 nitrogen and oxygen atoms in total. The number of halogens is 7. The number of esters is 2. The first kappa shape index (κ1) is 27.8. The Balaban J connectivity index is 1.91. The molecule has 34 heavy (non-hydrogen) atoms. The summed E-state index contributed by atoms with van der Waals surface area (Å²) in [5.41, 5.74) is -11.0. The average molecular weight is 614 g/mol. The summed E-state index contributed by atoms with van der Waals surface area (Å²) in [6.07, 6.45) is -9.66. The second-order valence-corrected chi connectivity index (χ2v) is 13.4. The maximum atomic E-state index is 13.4. The first-order valence-electron chi connectivity index (χ1n) is 11.2. The van der Waals surface area contributed by atoms with E-state index < -0.39 is 49.9 Å². The molecule has 0 heterocycles. The van der Waals surface area contributed by atoms with Crippen LogP contribution < -0.4 is 0 Å². The van der Waals surface area contributed by atoms with Crippen LogP contribution in [0.3, 0.4) is 0 Å². The lowest BCUT2D eigenvalue weighted by Gasteiger charge is -2.60. The molecule has 1 N–H and O–H groups in total. The van der Waals surface area contributed by atoms with Crippen molar-refractivity contribution in [1.29, 1.82) is 0 Å². The van der Waals surface area contributed by atoms with E-state index in [-0.39, 0.29) is 31.1 Å². The fourth-order valence-electron chi connectivity index (χ4n) is 6.24. The summed E-state index contributed by atoms with van der Waals surface area (Å²) in [5.74, 6) is -1.84. The van der Waals surface area contributed by atoms with Crippen molar-refractivity contribution in [3.8, 4) is 0 Å². The summed E-state index contributed by atoms with van der Waals surface area (Å²) in [6, 6.07) is 0. The third-order valence-electron chi connectivity index (χ3n) is 7.88. The van der Waals surface area contributed by atoms with Crippen LogP contribution in [0.2, 0.25) is 0 Å². The second-order valence-electron chi connectivity index (χ2n) is 11.0. The Morgan fingerprint density at radius 2 is 1.44 bits per heavy atom. The zero-order chi connectivity index (χ0) is 26.2. The molecule has 0 spiro atoms. The predicted octanol–water partition coefficient (Wildman–Crippen LogP) is 5.65. The Morgan fingerprint density at radius 1 is 0.971 bits per heavy atom. The van der Waals surface area contributed by atoms with Crippen LogP contribution in [0.25, 0.3) is 0 Å². The molecule has 4 bridgehead atoms. The maximum Gasteiger partial charge on any atom is 0.430 e. The number of alkyl halides is 7.